The van der Waals surface area contributed by atoms with Crippen LogP contribution in [-0.2, 0) is 9.53 Å². The molecule has 3 fully saturated rings. The maximum absolute atomic E-state index is 11.6. The van der Waals surface area contributed by atoms with Crippen molar-refractivity contribution < 1.29 is 9.53 Å². The maximum atomic E-state index is 11.6. The lowest BCUT2D eigenvalue weighted by molar-refractivity contribution is -0.148. The van der Waals surface area contributed by atoms with Crippen LogP contribution in [-0.4, -0.2) is 12.6 Å². The molecule has 3 aliphatic rings. The smallest absolute Gasteiger partial charge is 0.312 e. The summed E-state index contributed by atoms with van der Waals surface area (Å²) in [7, 11) is 0. The molecule has 0 aromatic carbocycles. The standard InChI is InChI=1S/C10H14O2.C2H6/c11-9-10(3-4-12-9)6-7-1-2-8(10)5-7;1-2/h7-8H,1-6H2;1-2H3. The third-order valence-corrected chi connectivity index (χ3v) is 4.16. The zero-order valence-corrected chi connectivity index (χ0v) is 9.21. The first kappa shape index (κ1) is 10.0. The minimum atomic E-state index is 0.00289. The summed E-state index contributed by atoms with van der Waals surface area (Å²) in [5.41, 5.74) is 0.00289. The Morgan fingerprint density at radius 1 is 1.36 bits per heavy atom. The van der Waals surface area contributed by atoms with Gasteiger partial charge in [0.2, 0.25) is 0 Å². The molecule has 2 aliphatic carbocycles. The Morgan fingerprint density at radius 2 is 2.14 bits per heavy atom. The minimum Gasteiger partial charge on any atom is -0.465 e. The van der Waals surface area contributed by atoms with Crippen LogP contribution in [0.4, 0.5) is 0 Å². The molecule has 2 bridgehead atoms. The van der Waals surface area contributed by atoms with E-state index >= 15 is 0 Å². The second-order valence-electron chi connectivity index (χ2n) is 4.62. The van der Waals surface area contributed by atoms with Gasteiger partial charge in [0.25, 0.3) is 0 Å². The minimum absolute atomic E-state index is 0.00289. The molecule has 3 rings (SSSR count). The maximum Gasteiger partial charge on any atom is 0.312 e. The number of hydrogen-bond acceptors (Lipinski definition) is 2. The molecule has 2 heteroatoms. The fourth-order valence-electron chi connectivity index (χ4n) is 3.57. The zero-order chi connectivity index (χ0) is 10.2. The van der Waals surface area contributed by atoms with Gasteiger partial charge in [-0.1, -0.05) is 20.3 Å². The normalized spacial score (nSPS) is 43.7. The van der Waals surface area contributed by atoms with Crippen LogP contribution in [0.2, 0.25) is 0 Å². The number of fused-ring (bicyclic) bond motifs is 3. The van der Waals surface area contributed by atoms with Crippen molar-refractivity contribution in [3.8, 4) is 0 Å². The van der Waals surface area contributed by atoms with E-state index in [1.165, 1.54) is 19.3 Å². The summed E-state index contributed by atoms with van der Waals surface area (Å²) in [4.78, 5) is 11.6. The van der Waals surface area contributed by atoms with E-state index in [0.717, 1.165) is 18.8 Å². The predicted octanol–water partition coefficient (Wildman–Crippen LogP) is 2.77. The second kappa shape index (κ2) is 3.56. The topological polar surface area (TPSA) is 26.3 Å². The first-order valence-electron chi connectivity index (χ1n) is 5.98. The summed E-state index contributed by atoms with van der Waals surface area (Å²) < 4.78 is 5.10. The van der Waals surface area contributed by atoms with Crippen LogP contribution >= 0.6 is 0 Å². The number of ether oxygens (including phenoxy) is 1. The lowest BCUT2D eigenvalue weighted by Crippen LogP contribution is -2.32. The van der Waals surface area contributed by atoms with Crippen LogP contribution in [0, 0.1) is 17.3 Å². The molecule has 80 valence electrons. The van der Waals surface area contributed by atoms with Gasteiger partial charge < -0.3 is 4.74 Å². The third-order valence-electron chi connectivity index (χ3n) is 4.16. The van der Waals surface area contributed by atoms with Gasteiger partial charge in [0, 0.05) is 0 Å². The Bertz CT molecular complexity index is 236. The first-order valence-corrected chi connectivity index (χ1v) is 5.98. The van der Waals surface area contributed by atoms with Crippen molar-refractivity contribution in [3.63, 3.8) is 0 Å². The van der Waals surface area contributed by atoms with E-state index in [9.17, 15) is 4.79 Å². The van der Waals surface area contributed by atoms with Gasteiger partial charge in [-0.05, 0) is 37.5 Å². The summed E-state index contributed by atoms with van der Waals surface area (Å²) >= 11 is 0. The van der Waals surface area contributed by atoms with Crippen molar-refractivity contribution in [2.45, 2.75) is 46.0 Å². The first-order chi connectivity index (χ1) is 6.81. The highest BCUT2D eigenvalue weighted by Gasteiger charge is 2.58. The molecule has 0 aromatic heterocycles. The number of carbonyl (C=O) groups excluding carboxylic acids is 1. The summed E-state index contributed by atoms with van der Waals surface area (Å²) in [6, 6.07) is 0. The van der Waals surface area contributed by atoms with E-state index in [4.69, 9.17) is 4.74 Å². The van der Waals surface area contributed by atoms with Crippen molar-refractivity contribution >= 4 is 5.97 Å². The Hall–Kier alpha value is -0.530. The van der Waals surface area contributed by atoms with Crippen LogP contribution in [0.5, 0.6) is 0 Å². The number of rotatable bonds is 0. The number of hydrogen-bond donors (Lipinski definition) is 0. The van der Waals surface area contributed by atoms with Gasteiger partial charge in [0.15, 0.2) is 0 Å². The zero-order valence-electron chi connectivity index (χ0n) is 9.21. The molecule has 3 atom stereocenters. The summed E-state index contributed by atoms with van der Waals surface area (Å²) in [5, 5.41) is 0. The highest BCUT2D eigenvalue weighted by Crippen LogP contribution is 2.59. The third kappa shape index (κ3) is 1.19. The van der Waals surface area contributed by atoms with Gasteiger partial charge in [0.1, 0.15) is 0 Å². The van der Waals surface area contributed by atoms with Crippen molar-refractivity contribution in [2.75, 3.05) is 6.61 Å². The molecule has 3 unspecified atom stereocenters. The average molecular weight is 196 g/mol. The van der Waals surface area contributed by atoms with Crippen LogP contribution in [0.1, 0.15) is 46.0 Å². The summed E-state index contributed by atoms with van der Waals surface area (Å²) in [6.45, 7) is 4.68. The van der Waals surface area contributed by atoms with Gasteiger partial charge in [-0.15, -0.1) is 0 Å². The molecular formula is C12H20O2. The molecule has 2 saturated carbocycles. The quantitative estimate of drug-likeness (QED) is 0.557. The van der Waals surface area contributed by atoms with E-state index in [2.05, 4.69) is 0 Å². The SMILES string of the molecule is CC.O=C1OCCC12CC1CCC2C1. The fourth-order valence-corrected chi connectivity index (χ4v) is 3.57. The Labute approximate surface area is 86.0 Å². The van der Waals surface area contributed by atoms with Gasteiger partial charge in [-0.25, -0.2) is 0 Å². The number of esters is 1. The monoisotopic (exact) mass is 196 g/mol. The summed E-state index contributed by atoms with van der Waals surface area (Å²) in [6.07, 6.45) is 6.08. The van der Waals surface area contributed by atoms with Gasteiger partial charge >= 0.3 is 5.97 Å². The average Bonchev–Trinajstić information content (AvgIpc) is 2.88. The number of cyclic esters (lactones) is 1. The molecule has 1 saturated heterocycles. The Morgan fingerprint density at radius 3 is 2.57 bits per heavy atom. The molecule has 0 radical (unpaired) electrons. The fraction of sp³-hybridized carbons (Fsp3) is 0.917. The van der Waals surface area contributed by atoms with Crippen molar-refractivity contribution in [3.05, 3.63) is 0 Å². The molecule has 1 aliphatic heterocycles. The van der Waals surface area contributed by atoms with Crippen molar-refractivity contribution in [1.82, 2.24) is 0 Å². The highest BCUT2D eigenvalue weighted by atomic mass is 16.5. The molecule has 2 nitrogen and oxygen atoms in total. The van der Waals surface area contributed by atoms with Crippen LogP contribution in [0.3, 0.4) is 0 Å². The van der Waals surface area contributed by atoms with E-state index in [-0.39, 0.29) is 11.4 Å². The molecule has 1 spiro atoms. The van der Waals surface area contributed by atoms with E-state index in [1.807, 2.05) is 13.8 Å². The molecule has 1 heterocycles. The lowest BCUT2D eigenvalue weighted by Gasteiger charge is -2.28. The van der Waals surface area contributed by atoms with Crippen molar-refractivity contribution in [1.29, 1.82) is 0 Å². The molecule has 0 amide bonds. The second-order valence-corrected chi connectivity index (χ2v) is 4.62. The van der Waals surface area contributed by atoms with E-state index < -0.39 is 0 Å². The largest absolute Gasteiger partial charge is 0.465 e. The Kier molecular flexibility index (Phi) is 2.54. The van der Waals surface area contributed by atoms with Crippen molar-refractivity contribution in [2.24, 2.45) is 17.3 Å². The molecule has 14 heavy (non-hydrogen) atoms. The lowest BCUT2D eigenvalue weighted by atomic mass is 9.72. The predicted molar refractivity (Wildman–Crippen MR) is 54.8 cm³/mol. The van der Waals surface area contributed by atoms with Gasteiger partial charge in [-0.3, -0.25) is 4.79 Å². The molecule has 0 N–H and O–H groups in total. The summed E-state index contributed by atoms with van der Waals surface area (Å²) in [5.74, 6) is 1.65. The Balaban J connectivity index is 0.000000354. The molecular weight excluding hydrogens is 176 g/mol. The highest BCUT2D eigenvalue weighted by molar-refractivity contribution is 5.79. The van der Waals surface area contributed by atoms with E-state index in [0.29, 0.717) is 12.5 Å². The van der Waals surface area contributed by atoms with Gasteiger partial charge in [0.05, 0.1) is 12.0 Å². The van der Waals surface area contributed by atoms with Gasteiger partial charge in [-0.2, -0.15) is 0 Å². The van der Waals surface area contributed by atoms with Crippen LogP contribution in [0.25, 0.3) is 0 Å². The molecule has 0 aromatic rings. The van der Waals surface area contributed by atoms with Crippen LogP contribution < -0.4 is 0 Å². The van der Waals surface area contributed by atoms with E-state index in [1.54, 1.807) is 0 Å². The number of carbonyl (C=O) groups is 1. The van der Waals surface area contributed by atoms with Crippen LogP contribution in [0.15, 0.2) is 0 Å².